The Morgan fingerprint density at radius 3 is 2.46 bits per heavy atom. The largest absolute Gasteiger partial charge is 0.347 e. The summed E-state index contributed by atoms with van der Waals surface area (Å²) in [7, 11) is -3.62. The van der Waals surface area contributed by atoms with Gasteiger partial charge in [-0.25, -0.2) is 12.8 Å². The van der Waals surface area contributed by atoms with Crippen LogP contribution in [0.2, 0.25) is 0 Å². The molecule has 3 rings (SSSR count). The van der Waals surface area contributed by atoms with Crippen molar-refractivity contribution in [3.8, 4) is 0 Å². The van der Waals surface area contributed by atoms with Gasteiger partial charge >= 0.3 is 11.8 Å². The molecular weight excluding hydrogens is 385 g/mol. The van der Waals surface area contributed by atoms with Crippen LogP contribution in [0, 0.1) is 5.82 Å². The van der Waals surface area contributed by atoms with Gasteiger partial charge < -0.3 is 9.84 Å². The predicted octanol–water partition coefficient (Wildman–Crippen LogP) is 2.20. The van der Waals surface area contributed by atoms with Crippen molar-refractivity contribution in [3.63, 3.8) is 0 Å². The van der Waals surface area contributed by atoms with E-state index in [1.807, 2.05) is 30.3 Å². The fourth-order valence-corrected chi connectivity index (χ4v) is 3.71. The fraction of sp³-hybridized carbons (Fsp3) is 0.211. The summed E-state index contributed by atoms with van der Waals surface area (Å²) in [6.45, 7) is 0.402. The van der Waals surface area contributed by atoms with Gasteiger partial charge in [0.2, 0.25) is 0 Å². The number of rotatable bonds is 8. The summed E-state index contributed by atoms with van der Waals surface area (Å²) >= 11 is 0. The van der Waals surface area contributed by atoms with Crippen LogP contribution in [0.15, 0.2) is 64.0 Å². The number of sulfone groups is 1. The van der Waals surface area contributed by atoms with Gasteiger partial charge in [-0.1, -0.05) is 35.5 Å². The maximum Gasteiger partial charge on any atom is 0.315 e. The molecule has 0 radical (unpaired) electrons. The molecule has 0 saturated heterocycles. The SMILES string of the molecule is O=C(NCCc1ccccc1)c1nc(CCS(=O)(=O)c2ccc(F)cc2)no1. The topological polar surface area (TPSA) is 102 Å². The van der Waals surface area contributed by atoms with Crippen LogP contribution >= 0.6 is 0 Å². The summed E-state index contributed by atoms with van der Waals surface area (Å²) in [6.07, 6.45) is 0.629. The van der Waals surface area contributed by atoms with Gasteiger partial charge in [0.15, 0.2) is 15.7 Å². The Bertz CT molecular complexity index is 1030. The van der Waals surface area contributed by atoms with Crippen molar-refractivity contribution < 1.29 is 22.1 Å². The summed E-state index contributed by atoms with van der Waals surface area (Å²) in [5.74, 6) is -1.43. The maximum absolute atomic E-state index is 12.9. The molecule has 1 aromatic heterocycles. The minimum absolute atomic E-state index is 0.0104. The number of hydrogen-bond acceptors (Lipinski definition) is 6. The third-order valence-electron chi connectivity index (χ3n) is 3.97. The molecule has 0 aliphatic rings. The third-order valence-corrected chi connectivity index (χ3v) is 5.70. The summed E-state index contributed by atoms with van der Waals surface area (Å²) in [5, 5.41) is 6.32. The van der Waals surface area contributed by atoms with Crippen LogP contribution in [0.5, 0.6) is 0 Å². The summed E-state index contributed by atoms with van der Waals surface area (Å²) in [4.78, 5) is 16.0. The molecule has 0 aliphatic heterocycles. The predicted molar refractivity (Wildman–Crippen MR) is 98.9 cm³/mol. The Morgan fingerprint density at radius 1 is 1.04 bits per heavy atom. The van der Waals surface area contributed by atoms with Gasteiger partial charge in [-0.15, -0.1) is 0 Å². The number of nitrogens with one attached hydrogen (secondary N) is 1. The molecule has 7 nitrogen and oxygen atoms in total. The number of aryl methyl sites for hydroxylation is 1. The van der Waals surface area contributed by atoms with Crippen molar-refractivity contribution in [3.05, 3.63) is 77.7 Å². The second-order valence-corrected chi connectivity index (χ2v) is 8.14. The third kappa shape index (κ3) is 5.23. The van der Waals surface area contributed by atoms with E-state index in [0.29, 0.717) is 13.0 Å². The smallest absolute Gasteiger partial charge is 0.315 e. The van der Waals surface area contributed by atoms with Gasteiger partial charge in [0, 0.05) is 13.0 Å². The molecule has 0 spiro atoms. The van der Waals surface area contributed by atoms with E-state index in [9.17, 15) is 17.6 Å². The lowest BCUT2D eigenvalue weighted by Gasteiger charge is -2.02. The molecule has 3 aromatic rings. The standard InChI is InChI=1S/C19H18FN3O4S/c20-15-6-8-16(9-7-15)28(25,26)13-11-17-22-19(27-23-17)18(24)21-12-10-14-4-2-1-3-5-14/h1-9H,10-13H2,(H,21,24). The van der Waals surface area contributed by atoms with Gasteiger partial charge in [0.05, 0.1) is 10.6 Å². The van der Waals surface area contributed by atoms with Crippen LogP contribution in [0.3, 0.4) is 0 Å². The minimum Gasteiger partial charge on any atom is -0.347 e. The van der Waals surface area contributed by atoms with Crippen molar-refractivity contribution in [1.29, 1.82) is 0 Å². The van der Waals surface area contributed by atoms with Crippen molar-refractivity contribution in [2.24, 2.45) is 0 Å². The van der Waals surface area contributed by atoms with Gasteiger partial charge in [-0.3, -0.25) is 4.79 Å². The zero-order valence-electron chi connectivity index (χ0n) is 14.8. The highest BCUT2D eigenvalue weighted by molar-refractivity contribution is 7.91. The van der Waals surface area contributed by atoms with E-state index in [0.717, 1.165) is 17.7 Å². The van der Waals surface area contributed by atoms with Crippen molar-refractivity contribution >= 4 is 15.7 Å². The number of benzene rings is 2. The molecule has 9 heteroatoms. The monoisotopic (exact) mass is 403 g/mol. The number of carbonyl (C=O) groups is 1. The first kappa shape index (κ1) is 19.7. The lowest BCUT2D eigenvalue weighted by molar-refractivity contribution is 0.0910. The Hall–Kier alpha value is -3.07. The van der Waals surface area contributed by atoms with Crippen molar-refractivity contribution in [2.75, 3.05) is 12.3 Å². The second kappa shape index (κ2) is 8.75. The van der Waals surface area contributed by atoms with E-state index >= 15 is 0 Å². The number of hydrogen-bond donors (Lipinski definition) is 1. The Labute approximate surface area is 161 Å². The maximum atomic E-state index is 12.9. The molecular formula is C19H18FN3O4S. The Kier molecular flexibility index (Phi) is 6.15. The molecule has 0 bridgehead atoms. The van der Waals surface area contributed by atoms with Crippen LogP contribution in [-0.4, -0.2) is 36.8 Å². The van der Waals surface area contributed by atoms with E-state index in [2.05, 4.69) is 15.5 Å². The molecule has 1 heterocycles. The zero-order valence-corrected chi connectivity index (χ0v) is 15.7. The van der Waals surface area contributed by atoms with Gasteiger partial charge in [-0.2, -0.15) is 4.98 Å². The molecule has 0 fully saturated rings. The van der Waals surface area contributed by atoms with E-state index in [1.165, 1.54) is 12.1 Å². The molecule has 1 N–H and O–H groups in total. The first-order valence-electron chi connectivity index (χ1n) is 8.57. The van der Waals surface area contributed by atoms with Gasteiger partial charge in [0.25, 0.3) is 0 Å². The Balaban J connectivity index is 1.52. The fourth-order valence-electron chi connectivity index (χ4n) is 2.47. The molecule has 0 saturated carbocycles. The van der Waals surface area contributed by atoms with E-state index < -0.39 is 21.6 Å². The quantitative estimate of drug-likeness (QED) is 0.579. The first-order chi connectivity index (χ1) is 13.4. The lowest BCUT2D eigenvalue weighted by Crippen LogP contribution is -2.26. The molecule has 1 amide bonds. The van der Waals surface area contributed by atoms with Crippen LogP contribution in [0.25, 0.3) is 0 Å². The van der Waals surface area contributed by atoms with Crippen LogP contribution < -0.4 is 5.32 Å². The highest BCUT2D eigenvalue weighted by Crippen LogP contribution is 2.13. The van der Waals surface area contributed by atoms with E-state index in [4.69, 9.17) is 4.52 Å². The minimum atomic E-state index is -3.62. The number of amides is 1. The number of carbonyl (C=O) groups excluding carboxylic acids is 1. The summed E-state index contributed by atoms with van der Waals surface area (Å²) in [5.41, 5.74) is 1.08. The van der Waals surface area contributed by atoms with Crippen LogP contribution in [-0.2, 0) is 22.7 Å². The first-order valence-corrected chi connectivity index (χ1v) is 10.2. The molecule has 0 atom stereocenters. The summed E-state index contributed by atoms with van der Waals surface area (Å²) < 4.78 is 42.3. The van der Waals surface area contributed by atoms with E-state index in [1.54, 1.807) is 0 Å². The van der Waals surface area contributed by atoms with Crippen molar-refractivity contribution in [1.82, 2.24) is 15.5 Å². The number of aromatic nitrogens is 2. The molecule has 0 unspecified atom stereocenters. The normalized spacial score (nSPS) is 11.3. The lowest BCUT2D eigenvalue weighted by atomic mass is 10.1. The Morgan fingerprint density at radius 2 is 1.75 bits per heavy atom. The van der Waals surface area contributed by atoms with Gasteiger partial charge in [0.1, 0.15) is 5.82 Å². The van der Waals surface area contributed by atoms with Crippen molar-refractivity contribution in [2.45, 2.75) is 17.7 Å². The number of nitrogens with zero attached hydrogens (tertiary/aromatic N) is 2. The molecule has 146 valence electrons. The van der Waals surface area contributed by atoms with E-state index in [-0.39, 0.29) is 28.8 Å². The van der Waals surface area contributed by atoms with Crippen LogP contribution in [0.4, 0.5) is 4.39 Å². The molecule has 2 aromatic carbocycles. The van der Waals surface area contributed by atoms with Gasteiger partial charge in [-0.05, 0) is 36.2 Å². The highest BCUT2D eigenvalue weighted by Gasteiger charge is 2.19. The highest BCUT2D eigenvalue weighted by atomic mass is 32.2. The molecule has 28 heavy (non-hydrogen) atoms. The molecule has 0 aliphatic carbocycles. The average Bonchev–Trinajstić information content (AvgIpc) is 3.17. The van der Waals surface area contributed by atoms with Crippen LogP contribution in [0.1, 0.15) is 22.1 Å². The zero-order chi connectivity index (χ0) is 20.0. The number of halogens is 1. The second-order valence-electron chi connectivity index (χ2n) is 6.03. The summed E-state index contributed by atoms with van der Waals surface area (Å²) in [6, 6.07) is 14.2. The average molecular weight is 403 g/mol.